The van der Waals surface area contributed by atoms with Gasteiger partial charge in [0.1, 0.15) is 0 Å². The molecule has 3 aromatic rings. The number of aromatic nitrogens is 1. The molecular weight excluding hydrogens is 474 g/mol. The van der Waals surface area contributed by atoms with Crippen LogP contribution in [0.2, 0.25) is 0 Å². The van der Waals surface area contributed by atoms with Crippen molar-refractivity contribution < 1.29 is 9.59 Å². The number of carbonyl (C=O) groups excluding carboxylic acids is 2. The first kappa shape index (κ1) is 24.4. The van der Waals surface area contributed by atoms with Crippen molar-refractivity contribution in [3.8, 4) is 0 Å². The van der Waals surface area contributed by atoms with Gasteiger partial charge in [-0.05, 0) is 68.1 Å². The van der Waals surface area contributed by atoms with Crippen LogP contribution in [0.15, 0.2) is 73.1 Å². The van der Waals surface area contributed by atoms with E-state index in [1.54, 1.807) is 18.5 Å². The third-order valence-corrected chi connectivity index (χ3v) is 8.15. The molecule has 3 N–H and O–H groups in total. The van der Waals surface area contributed by atoms with Gasteiger partial charge >= 0.3 is 0 Å². The maximum Gasteiger partial charge on any atom is 0.258 e. The van der Waals surface area contributed by atoms with Crippen molar-refractivity contribution >= 4 is 28.8 Å². The summed E-state index contributed by atoms with van der Waals surface area (Å²) in [5, 5.41) is 9.94. The summed E-state index contributed by atoms with van der Waals surface area (Å²) in [5.41, 5.74) is 5.44. The summed E-state index contributed by atoms with van der Waals surface area (Å²) < 4.78 is 0. The Hall–Kier alpha value is -3.97. The molecule has 5 heterocycles. The lowest BCUT2D eigenvalue weighted by molar-refractivity contribution is -0.110. The smallest absolute Gasteiger partial charge is 0.258 e. The van der Waals surface area contributed by atoms with Gasteiger partial charge in [0.05, 0.1) is 17.3 Å². The van der Waals surface area contributed by atoms with Crippen LogP contribution in [-0.4, -0.2) is 47.4 Å². The maximum absolute atomic E-state index is 13.4. The van der Waals surface area contributed by atoms with Crippen LogP contribution in [0.25, 0.3) is 11.3 Å². The Kier molecular flexibility index (Phi) is 6.68. The maximum atomic E-state index is 13.4. The second-order valence-electron chi connectivity index (χ2n) is 10.4. The van der Waals surface area contributed by atoms with Crippen LogP contribution < -0.4 is 16.0 Å². The highest BCUT2D eigenvalue weighted by Crippen LogP contribution is 2.38. The highest BCUT2D eigenvalue weighted by atomic mass is 16.2. The zero-order chi connectivity index (χ0) is 26.1. The fourth-order valence-corrected chi connectivity index (χ4v) is 6.04. The third kappa shape index (κ3) is 4.70. The van der Waals surface area contributed by atoms with Gasteiger partial charge in [0.2, 0.25) is 0 Å². The molecule has 3 fully saturated rings. The van der Waals surface area contributed by atoms with Gasteiger partial charge in [-0.2, -0.15) is 0 Å². The van der Waals surface area contributed by atoms with Crippen molar-refractivity contribution in [2.75, 3.05) is 25.0 Å². The molecule has 7 heteroatoms. The van der Waals surface area contributed by atoms with E-state index in [9.17, 15) is 9.59 Å². The first-order chi connectivity index (χ1) is 18.6. The second kappa shape index (κ2) is 10.4. The van der Waals surface area contributed by atoms with Crippen LogP contribution in [0.5, 0.6) is 0 Å². The number of benzene rings is 2. The second-order valence-corrected chi connectivity index (χ2v) is 10.4. The highest BCUT2D eigenvalue weighted by molar-refractivity contribution is 6.36. The predicted octanol–water partition coefficient (Wildman–Crippen LogP) is 4.47. The SMILES string of the molecule is CC[C@@H](NC(=O)c1ccc2c(c1)NC(=O)/C2=C(\NC1CN2CCC1CC2)c1ccncc1)c1ccccc1. The lowest BCUT2D eigenvalue weighted by atomic mass is 9.83. The molecule has 38 heavy (non-hydrogen) atoms. The van der Waals surface area contributed by atoms with Crippen LogP contribution in [0.3, 0.4) is 0 Å². The molecule has 1 unspecified atom stereocenters. The number of rotatable bonds is 7. The molecule has 2 aromatic carbocycles. The van der Waals surface area contributed by atoms with E-state index in [0.717, 1.165) is 48.4 Å². The van der Waals surface area contributed by atoms with E-state index in [2.05, 4.69) is 32.8 Å². The van der Waals surface area contributed by atoms with Crippen molar-refractivity contribution in [3.05, 3.63) is 95.3 Å². The zero-order valence-electron chi connectivity index (χ0n) is 21.6. The van der Waals surface area contributed by atoms with E-state index in [1.807, 2.05) is 54.6 Å². The summed E-state index contributed by atoms with van der Waals surface area (Å²) in [7, 11) is 0. The van der Waals surface area contributed by atoms with Crippen LogP contribution in [-0.2, 0) is 4.79 Å². The number of hydrogen-bond acceptors (Lipinski definition) is 5. The van der Waals surface area contributed by atoms with E-state index in [4.69, 9.17) is 0 Å². The molecule has 2 bridgehead atoms. The average molecular weight is 508 g/mol. The fraction of sp³-hybridized carbons (Fsp3) is 0.323. The van der Waals surface area contributed by atoms with Crippen molar-refractivity contribution in [1.29, 1.82) is 0 Å². The summed E-state index contributed by atoms with van der Waals surface area (Å²) in [5.74, 6) is 0.285. The molecular formula is C31H33N5O2. The number of amides is 2. The zero-order valence-corrected chi connectivity index (χ0v) is 21.6. The Balaban J connectivity index is 1.32. The molecule has 7 rings (SSSR count). The van der Waals surface area contributed by atoms with Gasteiger partial charge in [0, 0.05) is 47.4 Å². The van der Waals surface area contributed by atoms with Crippen LogP contribution in [0.1, 0.15) is 59.3 Å². The Labute approximate surface area is 223 Å². The number of nitrogens with zero attached hydrogens (tertiary/aromatic N) is 2. The van der Waals surface area contributed by atoms with Crippen LogP contribution >= 0.6 is 0 Å². The fourth-order valence-electron chi connectivity index (χ4n) is 6.04. The van der Waals surface area contributed by atoms with E-state index < -0.39 is 0 Å². The number of fused-ring (bicyclic) bond motifs is 4. The number of pyridine rings is 1. The molecule has 3 saturated heterocycles. The number of piperidine rings is 3. The molecule has 2 amide bonds. The molecule has 0 radical (unpaired) electrons. The predicted molar refractivity (Wildman–Crippen MR) is 149 cm³/mol. The Bertz CT molecular complexity index is 1360. The minimum absolute atomic E-state index is 0.0777. The molecule has 1 aromatic heterocycles. The van der Waals surface area contributed by atoms with E-state index >= 15 is 0 Å². The molecule has 7 nitrogen and oxygen atoms in total. The molecule has 0 spiro atoms. The monoisotopic (exact) mass is 507 g/mol. The van der Waals surface area contributed by atoms with Gasteiger partial charge < -0.3 is 20.9 Å². The summed E-state index contributed by atoms with van der Waals surface area (Å²) in [6.45, 7) is 5.35. The van der Waals surface area contributed by atoms with Gasteiger partial charge in [-0.15, -0.1) is 0 Å². The Morgan fingerprint density at radius 3 is 2.50 bits per heavy atom. The first-order valence-corrected chi connectivity index (χ1v) is 13.6. The summed E-state index contributed by atoms with van der Waals surface area (Å²) in [6, 6.07) is 19.6. The van der Waals surface area contributed by atoms with Crippen molar-refractivity contribution in [3.63, 3.8) is 0 Å². The minimum atomic E-state index is -0.158. The van der Waals surface area contributed by atoms with E-state index in [0.29, 0.717) is 28.8 Å². The molecule has 0 saturated carbocycles. The first-order valence-electron chi connectivity index (χ1n) is 13.6. The summed E-state index contributed by atoms with van der Waals surface area (Å²) in [4.78, 5) is 33.3. The summed E-state index contributed by atoms with van der Waals surface area (Å²) >= 11 is 0. The van der Waals surface area contributed by atoms with Gasteiger partial charge in [-0.25, -0.2) is 0 Å². The topological polar surface area (TPSA) is 86.4 Å². The number of carbonyl (C=O) groups is 2. The lowest BCUT2D eigenvalue weighted by Gasteiger charge is -2.45. The van der Waals surface area contributed by atoms with Crippen molar-refractivity contribution in [2.45, 2.75) is 38.3 Å². The lowest BCUT2D eigenvalue weighted by Crippen LogP contribution is -2.55. The minimum Gasteiger partial charge on any atom is -0.380 e. The number of nitrogens with one attached hydrogen (secondary N) is 3. The van der Waals surface area contributed by atoms with Gasteiger partial charge in [0.25, 0.3) is 11.8 Å². The highest BCUT2D eigenvalue weighted by Gasteiger charge is 2.36. The standard InChI is InChI=1S/C31H33N5O2/c1-2-25(20-6-4-3-5-7-20)34-30(37)23-8-9-24-26(18-23)35-31(38)28(24)29(22-10-14-32-15-11-22)33-27-19-36-16-12-21(27)13-17-36/h3-11,14-15,18,21,25,27,33H,2,12-13,16-17,19H2,1H3,(H,34,37)(H,35,38)/b29-28-/t25-,27?/m1/s1. The van der Waals surface area contributed by atoms with E-state index in [-0.39, 0.29) is 17.9 Å². The molecule has 2 atom stereocenters. The van der Waals surface area contributed by atoms with Gasteiger partial charge in [-0.1, -0.05) is 43.3 Å². The van der Waals surface area contributed by atoms with Crippen LogP contribution in [0, 0.1) is 5.92 Å². The van der Waals surface area contributed by atoms with Gasteiger partial charge in [-0.3, -0.25) is 14.6 Å². The average Bonchev–Trinajstić information content (AvgIpc) is 3.30. The Morgan fingerprint density at radius 1 is 1.05 bits per heavy atom. The molecule has 194 valence electrons. The van der Waals surface area contributed by atoms with Crippen molar-refractivity contribution in [1.82, 2.24) is 20.5 Å². The molecule has 4 aliphatic heterocycles. The molecule has 0 aliphatic carbocycles. The Morgan fingerprint density at radius 2 is 1.82 bits per heavy atom. The largest absolute Gasteiger partial charge is 0.380 e. The van der Waals surface area contributed by atoms with Crippen molar-refractivity contribution in [2.24, 2.45) is 5.92 Å². The van der Waals surface area contributed by atoms with Crippen LogP contribution in [0.4, 0.5) is 5.69 Å². The van der Waals surface area contributed by atoms with Gasteiger partial charge in [0.15, 0.2) is 0 Å². The summed E-state index contributed by atoms with van der Waals surface area (Å²) in [6.07, 6.45) is 6.66. The van der Waals surface area contributed by atoms with E-state index in [1.165, 1.54) is 12.8 Å². The number of hydrogen-bond donors (Lipinski definition) is 3. The number of anilines is 1. The quantitative estimate of drug-likeness (QED) is 0.411. The third-order valence-electron chi connectivity index (χ3n) is 8.15. The normalized spacial score (nSPS) is 23.8. The molecule has 4 aliphatic rings.